The fraction of sp³-hybridized carbons (Fsp3) is 0.667. The van der Waals surface area contributed by atoms with E-state index in [1.54, 1.807) is 6.20 Å². The molecule has 0 unspecified atom stereocenters. The van der Waals surface area contributed by atoms with Gasteiger partial charge in [-0.1, -0.05) is 0 Å². The molecule has 5 heteroatoms. The fourth-order valence-corrected chi connectivity index (χ4v) is 3.20. The second kappa shape index (κ2) is 5.77. The summed E-state index contributed by atoms with van der Waals surface area (Å²) in [7, 11) is 0. The zero-order chi connectivity index (χ0) is 13.9. The summed E-state index contributed by atoms with van der Waals surface area (Å²) in [4.78, 5) is 25.4. The molecular formula is C15H22N4O. The highest BCUT2D eigenvalue weighted by Crippen LogP contribution is 2.24. The topological polar surface area (TPSA) is 49.3 Å². The summed E-state index contributed by atoms with van der Waals surface area (Å²) < 4.78 is 0. The first kappa shape index (κ1) is 13.3. The van der Waals surface area contributed by atoms with Crippen LogP contribution in [0.2, 0.25) is 0 Å². The Hall–Kier alpha value is -1.65. The molecule has 2 aliphatic heterocycles. The van der Waals surface area contributed by atoms with Crippen molar-refractivity contribution in [3.05, 3.63) is 18.1 Å². The van der Waals surface area contributed by atoms with Gasteiger partial charge >= 0.3 is 0 Å². The molecule has 0 radical (unpaired) electrons. The van der Waals surface area contributed by atoms with E-state index < -0.39 is 0 Å². The summed E-state index contributed by atoms with van der Waals surface area (Å²) >= 11 is 0. The number of aromatic nitrogens is 2. The first-order valence-electron chi connectivity index (χ1n) is 7.57. The van der Waals surface area contributed by atoms with E-state index in [0.717, 1.165) is 63.5 Å². The summed E-state index contributed by atoms with van der Waals surface area (Å²) in [5.41, 5.74) is 0. The number of piperidine rings is 1. The smallest absolute Gasteiger partial charge is 0.227 e. The molecule has 20 heavy (non-hydrogen) atoms. The molecule has 0 aliphatic carbocycles. The van der Waals surface area contributed by atoms with Gasteiger partial charge in [0, 0.05) is 32.4 Å². The lowest BCUT2D eigenvalue weighted by molar-refractivity contribution is -0.134. The SMILES string of the molecule is Cc1nccc(N2CCC[C@@H](C(=O)N3CCCC3)C2)n1. The first-order chi connectivity index (χ1) is 9.74. The molecule has 3 rings (SSSR count). The maximum atomic E-state index is 12.5. The molecule has 2 aliphatic rings. The second-order valence-corrected chi connectivity index (χ2v) is 5.78. The normalized spacial score (nSPS) is 23.1. The van der Waals surface area contributed by atoms with Crippen molar-refractivity contribution >= 4 is 11.7 Å². The number of carbonyl (C=O) groups excluding carboxylic acids is 1. The van der Waals surface area contributed by atoms with Gasteiger partial charge in [-0.2, -0.15) is 0 Å². The first-order valence-corrected chi connectivity index (χ1v) is 7.57. The Morgan fingerprint density at radius 3 is 2.80 bits per heavy atom. The van der Waals surface area contributed by atoms with Crippen molar-refractivity contribution in [3.8, 4) is 0 Å². The van der Waals surface area contributed by atoms with Crippen LogP contribution in [0.25, 0.3) is 0 Å². The van der Waals surface area contributed by atoms with Crippen molar-refractivity contribution in [2.75, 3.05) is 31.1 Å². The van der Waals surface area contributed by atoms with Crippen LogP contribution >= 0.6 is 0 Å². The van der Waals surface area contributed by atoms with E-state index in [4.69, 9.17) is 0 Å². The highest BCUT2D eigenvalue weighted by atomic mass is 16.2. The summed E-state index contributed by atoms with van der Waals surface area (Å²) in [6.07, 6.45) is 6.19. The van der Waals surface area contributed by atoms with Crippen LogP contribution in [0.3, 0.4) is 0 Å². The van der Waals surface area contributed by atoms with E-state index in [0.29, 0.717) is 5.91 Å². The number of anilines is 1. The monoisotopic (exact) mass is 274 g/mol. The molecule has 1 aromatic rings. The Kier molecular flexibility index (Phi) is 3.85. The van der Waals surface area contributed by atoms with Crippen molar-refractivity contribution in [2.45, 2.75) is 32.6 Å². The highest BCUT2D eigenvalue weighted by Gasteiger charge is 2.30. The Morgan fingerprint density at radius 1 is 1.25 bits per heavy atom. The summed E-state index contributed by atoms with van der Waals surface area (Å²) in [6, 6.07) is 1.94. The Bertz CT molecular complexity index is 485. The fourth-order valence-electron chi connectivity index (χ4n) is 3.20. The van der Waals surface area contributed by atoms with Crippen LogP contribution in [-0.4, -0.2) is 47.0 Å². The van der Waals surface area contributed by atoms with Crippen LogP contribution in [0.1, 0.15) is 31.5 Å². The summed E-state index contributed by atoms with van der Waals surface area (Å²) in [5.74, 6) is 2.22. The number of nitrogens with zero attached hydrogens (tertiary/aromatic N) is 4. The van der Waals surface area contributed by atoms with Crippen molar-refractivity contribution < 1.29 is 4.79 Å². The molecule has 2 fully saturated rings. The molecule has 0 aromatic carbocycles. The molecule has 1 amide bonds. The number of likely N-dealkylation sites (tertiary alicyclic amines) is 1. The third kappa shape index (κ3) is 2.76. The van der Waals surface area contributed by atoms with Gasteiger partial charge in [-0.3, -0.25) is 4.79 Å². The van der Waals surface area contributed by atoms with Crippen LogP contribution in [-0.2, 0) is 4.79 Å². The summed E-state index contributed by atoms with van der Waals surface area (Å²) in [5, 5.41) is 0. The molecule has 0 saturated carbocycles. The van der Waals surface area contributed by atoms with Crippen molar-refractivity contribution in [1.29, 1.82) is 0 Å². The standard InChI is InChI=1S/C15H22N4O/c1-12-16-7-6-14(17-12)19-10-4-5-13(11-19)15(20)18-8-2-3-9-18/h6-7,13H,2-5,8-11H2,1H3/t13-/m1/s1. The molecule has 5 nitrogen and oxygen atoms in total. The number of hydrogen-bond acceptors (Lipinski definition) is 4. The lowest BCUT2D eigenvalue weighted by Crippen LogP contribution is -2.44. The zero-order valence-electron chi connectivity index (χ0n) is 12.1. The third-order valence-electron chi connectivity index (χ3n) is 4.27. The maximum Gasteiger partial charge on any atom is 0.227 e. The Morgan fingerprint density at radius 2 is 2.05 bits per heavy atom. The highest BCUT2D eigenvalue weighted by molar-refractivity contribution is 5.80. The molecule has 108 valence electrons. The van der Waals surface area contributed by atoms with Gasteiger partial charge in [0.05, 0.1) is 5.92 Å². The van der Waals surface area contributed by atoms with E-state index in [1.165, 1.54) is 0 Å². The van der Waals surface area contributed by atoms with Crippen LogP contribution in [0.15, 0.2) is 12.3 Å². The second-order valence-electron chi connectivity index (χ2n) is 5.78. The molecule has 2 saturated heterocycles. The van der Waals surface area contributed by atoms with E-state index in [2.05, 4.69) is 14.9 Å². The predicted molar refractivity (Wildman–Crippen MR) is 77.5 cm³/mol. The molecule has 0 N–H and O–H groups in total. The zero-order valence-corrected chi connectivity index (χ0v) is 12.1. The van der Waals surface area contributed by atoms with Crippen LogP contribution < -0.4 is 4.90 Å². The lowest BCUT2D eigenvalue weighted by Gasteiger charge is -2.34. The number of carbonyl (C=O) groups is 1. The number of hydrogen-bond donors (Lipinski definition) is 0. The van der Waals surface area contributed by atoms with E-state index in [1.807, 2.05) is 17.9 Å². The predicted octanol–water partition coefficient (Wildman–Crippen LogP) is 1.62. The van der Waals surface area contributed by atoms with Gasteiger partial charge in [0.25, 0.3) is 0 Å². The number of rotatable bonds is 2. The van der Waals surface area contributed by atoms with Crippen LogP contribution in [0.4, 0.5) is 5.82 Å². The van der Waals surface area contributed by atoms with E-state index in [9.17, 15) is 4.79 Å². The summed E-state index contributed by atoms with van der Waals surface area (Å²) in [6.45, 7) is 5.58. The van der Waals surface area contributed by atoms with Gasteiger partial charge in [0.2, 0.25) is 5.91 Å². The average molecular weight is 274 g/mol. The molecule has 1 aromatic heterocycles. The Labute approximate surface area is 120 Å². The Balaban J connectivity index is 1.68. The van der Waals surface area contributed by atoms with Crippen molar-refractivity contribution in [3.63, 3.8) is 0 Å². The van der Waals surface area contributed by atoms with Gasteiger partial charge in [-0.15, -0.1) is 0 Å². The van der Waals surface area contributed by atoms with Crippen LogP contribution in [0, 0.1) is 12.8 Å². The molecular weight excluding hydrogens is 252 g/mol. The van der Waals surface area contributed by atoms with E-state index >= 15 is 0 Å². The molecule has 1 atom stereocenters. The van der Waals surface area contributed by atoms with Crippen molar-refractivity contribution in [1.82, 2.24) is 14.9 Å². The van der Waals surface area contributed by atoms with E-state index in [-0.39, 0.29) is 5.92 Å². The molecule has 0 spiro atoms. The van der Waals surface area contributed by atoms with Crippen LogP contribution in [0.5, 0.6) is 0 Å². The van der Waals surface area contributed by atoms with Gasteiger partial charge in [0.15, 0.2) is 0 Å². The minimum absolute atomic E-state index is 0.136. The third-order valence-corrected chi connectivity index (χ3v) is 4.27. The molecule has 0 bridgehead atoms. The van der Waals surface area contributed by atoms with Gasteiger partial charge < -0.3 is 9.80 Å². The van der Waals surface area contributed by atoms with Gasteiger partial charge in [-0.05, 0) is 38.7 Å². The minimum atomic E-state index is 0.136. The minimum Gasteiger partial charge on any atom is -0.356 e. The van der Waals surface area contributed by atoms with Crippen molar-refractivity contribution in [2.24, 2.45) is 5.92 Å². The number of aryl methyl sites for hydroxylation is 1. The maximum absolute atomic E-state index is 12.5. The van der Waals surface area contributed by atoms with Gasteiger partial charge in [0.1, 0.15) is 11.6 Å². The van der Waals surface area contributed by atoms with Gasteiger partial charge in [-0.25, -0.2) is 9.97 Å². The average Bonchev–Trinajstić information content (AvgIpc) is 3.01. The largest absolute Gasteiger partial charge is 0.356 e. The quantitative estimate of drug-likeness (QED) is 0.822. The lowest BCUT2D eigenvalue weighted by atomic mass is 9.96. The number of amides is 1. The molecule has 3 heterocycles.